The Bertz CT molecular complexity index is 592. The summed E-state index contributed by atoms with van der Waals surface area (Å²) >= 11 is 3.29. The van der Waals surface area contributed by atoms with Crippen molar-refractivity contribution in [2.45, 2.75) is 5.92 Å². The molecule has 0 bridgehead atoms. The van der Waals surface area contributed by atoms with Crippen LogP contribution in [-0.2, 0) is 0 Å². The van der Waals surface area contributed by atoms with Gasteiger partial charge in [-0.1, -0.05) is 15.9 Å². The molecule has 0 radical (unpaired) electrons. The van der Waals surface area contributed by atoms with Gasteiger partial charge in [0.25, 0.3) is 0 Å². The van der Waals surface area contributed by atoms with E-state index in [0.717, 1.165) is 4.47 Å². The number of fused-ring (bicyclic) bond motifs is 1. The average Bonchev–Trinajstić information content (AvgIpc) is 2.30. The minimum Gasteiger partial charge on any atom is -0.440 e. The topological polar surface area (TPSA) is 102 Å². The number of rotatable bonds is 2. The van der Waals surface area contributed by atoms with Crippen LogP contribution < -0.4 is 10.5 Å². The second-order valence-corrected chi connectivity index (χ2v) is 4.66. The molecule has 92 valence electrons. The molecule has 0 spiro atoms. The fourth-order valence-electron chi connectivity index (χ4n) is 1.86. The zero-order valence-electron chi connectivity index (χ0n) is 9.09. The van der Waals surface area contributed by atoms with Gasteiger partial charge in [0.1, 0.15) is 17.4 Å². The van der Waals surface area contributed by atoms with Crippen LogP contribution in [0.1, 0.15) is 11.5 Å². The summed E-state index contributed by atoms with van der Waals surface area (Å²) in [7, 11) is 0. The number of ether oxygens (including phenoxy) is 1. The molecular formula is C11H8BrN3O3. The van der Waals surface area contributed by atoms with E-state index in [1.54, 1.807) is 18.2 Å². The number of nitrogens with two attached hydrogens (primary N) is 1. The summed E-state index contributed by atoms with van der Waals surface area (Å²) in [6.07, 6.45) is 0. The third-order valence-electron chi connectivity index (χ3n) is 2.63. The molecule has 0 saturated carbocycles. The molecule has 6 nitrogen and oxygen atoms in total. The maximum atomic E-state index is 10.7. The minimum atomic E-state index is -0.675. The van der Waals surface area contributed by atoms with Crippen LogP contribution in [0.5, 0.6) is 5.75 Å². The van der Waals surface area contributed by atoms with E-state index in [1.807, 2.05) is 6.07 Å². The largest absolute Gasteiger partial charge is 0.440 e. The Hall–Kier alpha value is -2.07. The molecule has 0 amide bonds. The smallest absolute Gasteiger partial charge is 0.215 e. The molecule has 2 rings (SSSR count). The first-order valence-electron chi connectivity index (χ1n) is 5.01. The first-order chi connectivity index (χ1) is 8.52. The number of nitriles is 1. The Kier molecular flexibility index (Phi) is 3.21. The van der Waals surface area contributed by atoms with E-state index < -0.39 is 17.4 Å². The molecule has 1 heterocycles. The van der Waals surface area contributed by atoms with Crippen LogP contribution in [0.2, 0.25) is 0 Å². The number of hydrogen-bond donors (Lipinski definition) is 1. The van der Waals surface area contributed by atoms with Crippen LogP contribution in [0.15, 0.2) is 34.1 Å². The minimum absolute atomic E-state index is 0.0702. The fourth-order valence-corrected chi connectivity index (χ4v) is 2.24. The molecule has 1 atom stereocenters. The predicted octanol–water partition coefficient (Wildman–Crippen LogP) is 1.90. The lowest BCUT2D eigenvalue weighted by Crippen LogP contribution is -2.24. The molecule has 1 aromatic carbocycles. The van der Waals surface area contributed by atoms with E-state index in [2.05, 4.69) is 15.9 Å². The summed E-state index contributed by atoms with van der Waals surface area (Å²) < 4.78 is 6.05. The van der Waals surface area contributed by atoms with Crippen LogP contribution in [0.3, 0.4) is 0 Å². The van der Waals surface area contributed by atoms with Gasteiger partial charge in [-0.2, -0.15) is 5.26 Å². The molecule has 0 aliphatic carbocycles. The first kappa shape index (κ1) is 12.4. The van der Waals surface area contributed by atoms with Crippen molar-refractivity contribution in [1.29, 1.82) is 5.26 Å². The molecule has 18 heavy (non-hydrogen) atoms. The van der Waals surface area contributed by atoms with Gasteiger partial charge in [0.2, 0.25) is 12.4 Å². The highest BCUT2D eigenvalue weighted by molar-refractivity contribution is 9.10. The lowest BCUT2D eigenvalue weighted by atomic mass is 9.89. The standard InChI is InChI=1S/C11H8BrN3O3/c12-6-1-2-10-7(3-6)9(5-15(16)17)8(4-13)11(14)18-10/h1-3,9H,5,14H2/t9-/m0/s1. The van der Waals surface area contributed by atoms with Crippen LogP contribution >= 0.6 is 15.9 Å². The Morgan fingerprint density at radius 3 is 2.94 bits per heavy atom. The van der Waals surface area contributed by atoms with Crippen LogP contribution in [-0.4, -0.2) is 11.5 Å². The highest BCUT2D eigenvalue weighted by atomic mass is 79.9. The van der Waals surface area contributed by atoms with Gasteiger partial charge in [0.15, 0.2) is 0 Å². The van der Waals surface area contributed by atoms with Gasteiger partial charge in [-0.15, -0.1) is 0 Å². The summed E-state index contributed by atoms with van der Waals surface area (Å²) in [5.74, 6) is -0.299. The maximum Gasteiger partial charge on any atom is 0.215 e. The third-order valence-corrected chi connectivity index (χ3v) is 3.13. The van der Waals surface area contributed by atoms with E-state index in [9.17, 15) is 10.1 Å². The summed E-state index contributed by atoms with van der Waals surface area (Å²) in [5.41, 5.74) is 6.29. The fraction of sp³-hybridized carbons (Fsp3) is 0.182. The zero-order valence-corrected chi connectivity index (χ0v) is 10.7. The maximum absolute atomic E-state index is 10.7. The predicted molar refractivity (Wildman–Crippen MR) is 66.2 cm³/mol. The molecule has 2 N–H and O–H groups in total. The highest BCUT2D eigenvalue weighted by Crippen LogP contribution is 2.39. The van der Waals surface area contributed by atoms with Gasteiger partial charge in [0.05, 0.1) is 5.92 Å². The van der Waals surface area contributed by atoms with Crippen molar-refractivity contribution in [3.8, 4) is 11.8 Å². The summed E-state index contributed by atoms with van der Waals surface area (Å²) in [6.45, 7) is -0.392. The van der Waals surface area contributed by atoms with Crippen LogP contribution in [0.25, 0.3) is 0 Å². The Morgan fingerprint density at radius 1 is 1.61 bits per heavy atom. The molecule has 0 fully saturated rings. The van der Waals surface area contributed by atoms with Crippen molar-refractivity contribution < 1.29 is 9.66 Å². The summed E-state index contributed by atoms with van der Waals surface area (Å²) in [4.78, 5) is 10.2. The quantitative estimate of drug-likeness (QED) is 0.664. The number of halogens is 1. The molecule has 0 aromatic heterocycles. The van der Waals surface area contributed by atoms with Gasteiger partial charge in [-0.05, 0) is 18.2 Å². The summed E-state index contributed by atoms with van der Waals surface area (Å²) in [5, 5.41) is 19.7. The lowest BCUT2D eigenvalue weighted by molar-refractivity contribution is -0.482. The SMILES string of the molecule is N#CC1=C(N)Oc2ccc(Br)cc2[C@@H]1C[N+](=O)[O-]. The van der Waals surface area contributed by atoms with Crippen LogP contribution in [0.4, 0.5) is 0 Å². The highest BCUT2D eigenvalue weighted by Gasteiger charge is 2.32. The number of hydrogen-bond acceptors (Lipinski definition) is 5. The molecule has 1 aliphatic heterocycles. The Labute approximate surface area is 111 Å². The number of nitrogens with zero attached hydrogens (tertiary/aromatic N) is 2. The van der Waals surface area contributed by atoms with E-state index in [-0.39, 0.29) is 11.5 Å². The molecule has 1 aliphatic rings. The van der Waals surface area contributed by atoms with Gasteiger partial charge in [-0.3, -0.25) is 10.1 Å². The van der Waals surface area contributed by atoms with Crippen molar-refractivity contribution in [3.05, 3.63) is 49.8 Å². The van der Waals surface area contributed by atoms with E-state index >= 15 is 0 Å². The number of benzene rings is 1. The van der Waals surface area contributed by atoms with Crippen molar-refractivity contribution in [2.75, 3.05) is 6.54 Å². The normalized spacial score (nSPS) is 17.7. The molecule has 1 aromatic rings. The number of nitro groups is 1. The monoisotopic (exact) mass is 309 g/mol. The second-order valence-electron chi connectivity index (χ2n) is 3.74. The lowest BCUT2D eigenvalue weighted by Gasteiger charge is -2.23. The Balaban J connectivity index is 2.55. The van der Waals surface area contributed by atoms with Gasteiger partial charge < -0.3 is 10.5 Å². The Morgan fingerprint density at radius 2 is 2.33 bits per heavy atom. The van der Waals surface area contributed by atoms with Gasteiger partial charge in [-0.25, -0.2) is 0 Å². The van der Waals surface area contributed by atoms with Crippen LogP contribution in [0, 0.1) is 21.4 Å². The molecule has 0 saturated heterocycles. The van der Waals surface area contributed by atoms with Crippen molar-refractivity contribution in [1.82, 2.24) is 0 Å². The zero-order chi connectivity index (χ0) is 13.3. The second kappa shape index (κ2) is 4.66. The van der Waals surface area contributed by atoms with E-state index in [0.29, 0.717) is 11.3 Å². The summed E-state index contributed by atoms with van der Waals surface area (Å²) in [6, 6.07) is 6.98. The average molecular weight is 310 g/mol. The van der Waals surface area contributed by atoms with Crippen molar-refractivity contribution in [3.63, 3.8) is 0 Å². The van der Waals surface area contributed by atoms with Gasteiger partial charge in [0, 0.05) is 15.0 Å². The first-order valence-corrected chi connectivity index (χ1v) is 5.81. The van der Waals surface area contributed by atoms with Crippen molar-refractivity contribution in [2.24, 2.45) is 5.73 Å². The van der Waals surface area contributed by atoms with E-state index in [1.165, 1.54) is 0 Å². The third kappa shape index (κ3) is 2.15. The molecule has 7 heteroatoms. The molecule has 0 unspecified atom stereocenters. The molecular weight excluding hydrogens is 302 g/mol. The van der Waals surface area contributed by atoms with Gasteiger partial charge >= 0.3 is 0 Å². The van der Waals surface area contributed by atoms with Crippen molar-refractivity contribution >= 4 is 15.9 Å². The van der Waals surface area contributed by atoms with E-state index in [4.69, 9.17) is 15.7 Å².